The molecule has 75 valence electrons. The number of carbonyl (C=O) groups is 1. The van der Waals surface area contributed by atoms with Gasteiger partial charge in [0.25, 0.3) is 5.91 Å². The second kappa shape index (κ2) is 5.43. The van der Waals surface area contributed by atoms with Gasteiger partial charge in [0.05, 0.1) is 0 Å². The molecule has 0 saturated carbocycles. The number of carbonyl (C=O) groups excluding carboxylic acids is 1. The Hall–Kier alpha value is -1.31. The summed E-state index contributed by atoms with van der Waals surface area (Å²) in [5, 5.41) is 2.83. The summed E-state index contributed by atoms with van der Waals surface area (Å²) in [6, 6.07) is 7.55. The molecule has 2 heteroatoms. The lowest BCUT2D eigenvalue weighted by molar-refractivity contribution is 0.0953. The van der Waals surface area contributed by atoms with Crippen molar-refractivity contribution < 1.29 is 4.79 Å². The first-order chi connectivity index (χ1) is 6.77. The van der Waals surface area contributed by atoms with E-state index in [0.29, 0.717) is 0 Å². The molecule has 0 unspecified atom stereocenters. The van der Waals surface area contributed by atoms with Gasteiger partial charge in [0, 0.05) is 12.1 Å². The van der Waals surface area contributed by atoms with Crippen molar-refractivity contribution in [3.63, 3.8) is 0 Å². The lowest BCUT2D eigenvalue weighted by Gasteiger charge is -2.03. The van der Waals surface area contributed by atoms with Crippen LogP contribution in [0.5, 0.6) is 0 Å². The average Bonchev–Trinajstić information content (AvgIpc) is 2.26. The topological polar surface area (TPSA) is 29.1 Å². The third-order valence-corrected chi connectivity index (χ3v) is 2.04. The Kier molecular flexibility index (Phi) is 4.17. The van der Waals surface area contributed by atoms with E-state index in [4.69, 9.17) is 0 Å². The van der Waals surface area contributed by atoms with E-state index in [1.165, 1.54) is 0 Å². The largest absolute Gasteiger partial charge is 0.352 e. The summed E-state index contributed by atoms with van der Waals surface area (Å²) in [4.78, 5) is 11.5. The van der Waals surface area contributed by atoms with E-state index in [-0.39, 0.29) is 5.91 Å². The van der Waals surface area contributed by atoms with Crippen LogP contribution in [0.4, 0.5) is 0 Å². The molecule has 0 aromatic heterocycles. The van der Waals surface area contributed by atoms with Gasteiger partial charge in [-0.1, -0.05) is 19.1 Å². The minimum atomic E-state index is 0.00228. The van der Waals surface area contributed by atoms with E-state index >= 15 is 0 Å². The summed E-state index contributed by atoms with van der Waals surface area (Å²) in [6.07, 6.45) is 1.72. The molecule has 0 fully saturated rings. The molecule has 0 saturated heterocycles. The van der Waals surface area contributed by atoms with Crippen LogP contribution < -0.4 is 5.32 Å². The molecule has 0 aliphatic carbocycles. The zero-order valence-corrected chi connectivity index (χ0v) is 8.55. The molecule has 1 N–H and O–H groups in total. The number of rotatable bonds is 4. The van der Waals surface area contributed by atoms with Gasteiger partial charge in [-0.3, -0.25) is 4.79 Å². The second-order valence-corrected chi connectivity index (χ2v) is 3.20. The van der Waals surface area contributed by atoms with Gasteiger partial charge in [0.1, 0.15) is 0 Å². The molecule has 0 heterocycles. The Morgan fingerprint density at radius 1 is 1.36 bits per heavy atom. The number of hydrogen-bond acceptors (Lipinski definition) is 1. The monoisotopic (exact) mass is 190 g/mol. The van der Waals surface area contributed by atoms with Crippen LogP contribution in [0.25, 0.3) is 0 Å². The second-order valence-electron chi connectivity index (χ2n) is 3.20. The highest BCUT2D eigenvalue weighted by molar-refractivity contribution is 5.94. The van der Waals surface area contributed by atoms with Crippen molar-refractivity contribution in [2.24, 2.45) is 0 Å². The third-order valence-electron chi connectivity index (χ3n) is 2.04. The van der Waals surface area contributed by atoms with Crippen molar-refractivity contribution in [3.05, 3.63) is 42.3 Å². The van der Waals surface area contributed by atoms with Crippen molar-refractivity contribution in [2.45, 2.75) is 19.8 Å². The fraction of sp³-hybridized carbons (Fsp3) is 0.333. The number of hydrogen-bond donors (Lipinski definition) is 1. The normalized spacial score (nSPS) is 9.86. The van der Waals surface area contributed by atoms with Gasteiger partial charge >= 0.3 is 0 Å². The van der Waals surface area contributed by atoms with Crippen LogP contribution in [0, 0.1) is 6.92 Å². The predicted molar refractivity (Wildman–Crippen MR) is 58.1 cm³/mol. The molecular formula is C12H16NO. The van der Waals surface area contributed by atoms with Gasteiger partial charge in [0.2, 0.25) is 0 Å². The van der Waals surface area contributed by atoms with Gasteiger partial charge in [-0.25, -0.2) is 0 Å². The first-order valence-corrected chi connectivity index (χ1v) is 4.94. The molecule has 0 spiro atoms. The Morgan fingerprint density at radius 2 is 2.00 bits per heavy atom. The maximum Gasteiger partial charge on any atom is 0.251 e. The zero-order chi connectivity index (χ0) is 10.4. The Balaban J connectivity index is 2.62. The van der Waals surface area contributed by atoms with Gasteiger partial charge in [0.15, 0.2) is 0 Å². The van der Waals surface area contributed by atoms with Gasteiger partial charge in [-0.2, -0.15) is 0 Å². The van der Waals surface area contributed by atoms with Crippen LogP contribution in [0.3, 0.4) is 0 Å². The number of nitrogens with one attached hydrogen (secondary N) is 1. The summed E-state index contributed by atoms with van der Waals surface area (Å²) in [5.41, 5.74) is 1.87. The van der Waals surface area contributed by atoms with E-state index in [1.807, 2.05) is 31.2 Å². The van der Waals surface area contributed by atoms with E-state index in [1.54, 1.807) is 0 Å². The Labute approximate surface area is 85.3 Å². The van der Waals surface area contributed by atoms with E-state index in [9.17, 15) is 4.79 Å². The lowest BCUT2D eigenvalue weighted by Crippen LogP contribution is -2.23. The quantitative estimate of drug-likeness (QED) is 0.774. The summed E-state index contributed by atoms with van der Waals surface area (Å²) < 4.78 is 0. The van der Waals surface area contributed by atoms with Crippen LogP contribution in [0.1, 0.15) is 29.3 Å². The molecule has 1 radical (unpaired) electrons. The lowest BCUT2D eigenvalue weighted by atomic mass is 10.1. The molecule has 1 aromatic rings. The van der Waals surface area contributed by atoms with Crippen LogP contribution in [0.2, 0.25) is 0 Å². The molecule has 1 rings (SSSR count). The Bertz CT molecular complexity index is 290. The smallest absolute Gasteiger partial charge is 0.251 e. The van der Waals surface area contributed by atoms with Crippen molar-refractivity contribution in [1.29, 1.82) is 0 Å². The van der Waals surface area contributed by atoms with Crippen LogP contribution in [0.15, 0.2) is 24.3 Å². The molecular weight excluding hydrogens is 174 g/mol. The molecule has 0 aliphatic rings. The van der Waals surface area contributed by atoms with Crippen molar-refractivity contribution >= 4 is 5.91 Å². The SMILES string of the molecule is [CH2]Cc1ccc(C(=O)NCCC)cc1. The molecule has 1 amide bonds. The minimum Gasteiger partial charge on any atom is -0.352 e. The molecule has 0 atom stereocenters. The molecule has 0 bridgehead atoms. The van der Waals surface area contributed by atoms with Crippen LogP contribution in [-0.4, -0.2) is 12.5 Å². The zero-order valence-electron chi connectivity index (χ0n) is 8.55. The average molecular weight is 190 g/mol. The van der Waals surface area contributed by atoms with Crippen molar-refractivity contribution in [3.8, 4) is 0 Å². The van der Waals surface area contributed by atoms with Crippen LogP contribution in [-0.2, 0) is 6.42 Å². The van der Waals surface area contributed by atoms with Gasteiger partial charge < -0.3 is 5.32 Å². The van der Waals surface area contributed by atoms with Gasteiger partial charge in [-0.05, 0) is 37.5 Å². The Morgan fingerprint density at radius 3 is 2.50 bits per heavy atom. The maximum atomic E-state index is 11.5. The molecule has 1 aromatic carbocycles. The number of benzene rings is 1. The summed E-state index contributed by atoms with van der Waals surface area (Å²) >= 11 is 0. The first-order valence-electron chi connectivity index (χ1n) is 4.94. The van der Waals surface area contributed by atoms with E-state index < -0.39 is 0 Å². The molecule has 2 nitrogen and oxygen atoms in total. The highest BCUT2D eigenvalue weighted by Crippen LogP contribution is 2.04. The number of amides is 1. The van der Waals surface area contributed by atoms with E-state index in [2.05, 4.69) is 12.2 Å². The van der Waals surface area contributed by atoms with Crippen molar-refractivity contribution in [2.75, 3.05) is 6.54 Å². The van der Waals surface area contributed by atoms with Crippen LogP contribution >= 0.6 is 0 Å². The van der Waals surface area contributed by atoms with Crippen molar-refractivity contribution in [1.82, 2.24) is 5.32 Å². The fourth-order valence-corrected chi connectivity index (χ4v) is 1.16. The third kappa shape index (κ3) is 2.87. The standard InChI is InChI=1S/C12H16NO/c1-3-9-13-12(14)11-7-5-10(4-2)6-8-11/h5-8H,2-4,9H2,1H3,(H,13,14). The molecule has 0 aliphatic heterocycles. The maximum absolute atomic E-state index is 11.5. The summed E-state index contributed by atoms with van der Waals surface area (Å²) in [7, 11) is 0. The van der Waals surface area contributed by atoms with E-state index in [0.717, 1.165) is 30.5 Å². The highest BCUT2D eigenvalue weighted by Gasteiger charge is 2.02. The summed E-state index contributed by atoms with van der Waals surface area (Å²) in [5.74, 6) is 0.00228. The molecule has 14 heavy (non-hydrogen) atoms. The highest BCUT2D eigenvalue weighted by atomic mass is 16.1. The summed E-state index contributed by atoms with van der Waals surface area (Å²) in [6.45, 7) is 6.55. The van der Waals surface area contributed by atoms with Gasteiger partial charge in [-0.15, -0.1) is 0 Å². The fourth-order valence-electron chi connectivity index (χ4n) is 1.16. The predicted octanol–water partition coefficient (Wildman–Crippen LogP) is 2.20. The first kappa shape index (κ1) is 10.8. The minimum absolute atomic E-state index is 0.00228.